The molecule has 0 saturated heterocycles. The first-order valence-electron chi connectivity index (χ1n) is 6.23. The third-order valence-corrected chi connectivity index (χ3v) is 5.00. The molecule has 0 saturated carbocycles. The summed E-state index contributed by atoms with van der Waals surface area (Å²) in [6.07, 6.45) is 1.73. The summed E-state index contributed by atoms with van der Waals surface area (Å²) >= 11 is 5.37. The minimum atomic E-state index is -3.56. The van der Waals surface area contributed by atoms with Gasteiger partial charge in [0, 0.05) is 18.7 Å². The number of carbonyl (C=O) groups excluding carboxylic acids is 1. The highest BCUT2D eigenvalue weighted by Crippen LogP contribution is 2.18. The summed E-state index contributed by atoms with van der Waals surface area (Å²) in [4.78, 5) is 11.2. The van der Waals surface area contributed by atoms with Gasteiger partial charge in [-0.1, -0.05) is 32.4 Å². The molecule has 0 unspecified atom stereocenters. The fourth-order valence-corrected chi connectivity index (χ4v) is 3.36. The van der Waals surface area contributed by atoms with Crippen molar-refractivity contribution in [2.24, 2.45) is 0 Å². The number of benzene rings is 1. The molecule has 19 heavy (non-hydrogen) atoms. The molecule has 0 aliphatic heterocycles. The van der Waals surface area contributed by atoms with Crippen LogP contribution in [0, 0.1) is 0 Å². The molecule has 0 heterocycles. The number of sulfonamides is 1. The number of unbranched alkanes of at least 4 members (excludes halogenated alkanes) is 1. The predicted molar refractivity (Wildman–Crippen MR) is 76.0 cm³/mol. The van der Waals surface area contributed by atoms with E-state index in [1.807, 2.05) is 6.92 Å². The van der Waals surface area contributed by atoms with Crippen molar-refractivity contribution in [2.75, 3.05) is 13.1 Å². The van der Waals surface area contributed by atoms with Crippen LogP contribution in [0.1, 0.15) is 37.0 Å². The van der Waals surface area contributed by atoms with Crippen LogP contribution >= 0.6 is 11.6 Å². The second kappa shape index (κ2) is 7.03. The van der Waals surface area contributed by atoms with Gasteiger partial charge in [-0.3, -0.25) is 4.79 Å². The number of rotatable bonds is 7. The number of nitrogens with zero attached hydrogens (tertiary/aromatic N) is 1. The lowest BCUT2D eigenvalue weighted by Crippen LogP contribution is -2.31. The van der Waals surface area contributed by atoms with E-state index in [1.165, 1.54) is 28.6 Å². The molecule has 0 fully saturated rings. The van der Waals surface area contributed by atoms with Crippen LogP contribution in [0.4, 0.5) is 0 Å². The highest BCUT2D eigenvalue weighted by Gasteiger charge is 2.23. The van der Waals surface area contributed by atoms with Crippen molar-refractivity contribution in [3.05, 3.63) is 29.8 Å². The van der Waals surface area contributed by atoms with Crippen molar-refractivity contribution in [3.8, 4) is 0 Å². The monoisotopic (exact) mass is 303 g/mol. The molecular formula is C13H18ClNO3S. The Kier molecular flexibility index (Phi) is 5.97. The van der Waals surface area contributed by atoms with E-state index in [9.17, 15) is 13.2 Å². The Morgan fingerprint density at radius 1 is 1.32 bits per heavy atom. The van der Waals surface area contributed by atoms with Crippen LogP contribution in [0.5, 0.6) is 0 Å². The lowest BCUT2D eigenvalue weighted by molar-refractivity contribution is 0.108. The molecule has 0 radical (unpaired) electrons. The van der Waals surface area contributed by atoms with Crippen molar-refractivity contribution in [2.45, 2.75) is 31.6 Å². The Labute approximate surface area is 119 Å². The van der Waals surface area contributed by atoms with Gasteiger partial charge >= 0.3 is 0 Å². The van der Waals surface area contributed by atoms with Gasteiger partial charge in [-0.15, -0.1) is 0 Å². The third kappa shape index (κ3) is 4.03. The summed E-state index contributed by atoms with van der Waals surface area (Å²) in [5.74, 6) is 0. The molecule has 0 aromatic heterocycles. The van der Waals surface area contributed by atoms with Crippen LogP contribution in [-0.2, 0) is 10.0 Å². The maximum absolute atomic E-state index is 12.4. The summed E-state index contributed by atoms with van der Waals surface area (Å²) in [6, 6.07) is 5.82. The van der Waals surface area contributed by atoms with Crippen LogP contribution in [0.3, 0.4) is 0 Å². The Bertz CT molecular complexity index is 543. The molecule has 1 aromatic rings. The van der Waals surface area contributed by atoms with Gasteiger partial charge in [-0.05, 0) is 30.2 Å². The van der Waals surface area contributed by atoms with Gasteiger partial charge in [-0.2, -0.15) is 4.31 Å². The van der Waals surface area contributed by atoms with Gasteiger partial charge in [0.15, 0.2) is 0 Å². The molecule has 0 spiro atoms. The predicted octanol–water partition coefficient (Wildman–Crippen LogP) is 2.88. The average Bonchev–Trinajstić information content (AvgIpc) is 2.39. The van der Waals surface area contributed by atoms with Crippen LogP contribution in [0.25, 0.3) is 0 Å². The van der Waals surface area contributed by atoms with Gasteiger partial charge < -0.3 is 0 Å². The fraction of sp³-hybridized carbons (Fsp3) is 0.462. The molecule has 0 amide bonds. The SMILES string of the molecule is CCCCN(CC)S(=O)(=O)c1cccc(C(=O)Cl)c1. The largest absolute Gasteiger partial charge is 0.276 e. The van der Waals surface area contributed by atoms with Gasteiger partial charge in [0.05, 0.1) is 4.90 Å². The number of carbonyl (C=O) groups is 1. The molecule has 1 aromatic carbocycles. The van der Waals surface area contributed by atoms with Crippen LogP contribution in [0.15, 0.2) is 29.2 Å². The number of hydrogen-bond donors (Lipinski definition) is 0. The molecule has 6 heteroatoms. The lowest BCUT2D eigenvalue weighted by atomic mass is 10.2. The zero-order valence-electron chi connectivity index (χ0n) is 11.1. The molecule has 4 nitrogen and oxygen atoms in total. The molecule has 0 aliphatic rings. The second-order valence-corrected chi connectivity index (χ2v) is 6.43. The fourth-order valence-electron chi connectivity index (χ4n) is 1.71. The first-order valence-corrected chi connectivity index (χ1v) is 8.05. The minimum Gasteiger partial charge on any atom is -0.276 e. The molecular weight excluding hydrogens is 286 g/mol. The van der Waals surface area contributed by atoms with E-state index >= 15 is 0 Å². The first-order chi connectivity index (χ1) is 8.93. The van der Waals surface area contributed by atoms with Gasteiger partial charge in [0.25, 0.3) is 5.24 Å². The van der Waals surface area contributed by atoms with Crippen molar-refractivity contribution in [1.82, 2.24) is 4.31 Å². The van der Waals surface area contributed by atoms with E-state index in [-0.39, 0.29) is 10.5 Å². The molecule has 1 rings (SSSR count). The lowest BCUT2D eigenvalue weighted by Gasteiger charge is -2.20. The number of halogens is 1. The van der Waals surface area contributed by atoms with Crippen LogP contribution in [0.2, 0.25) is 0 Å². The minimum absolute atomic E-state index is 0.108. The Morgan fingerprint density at radius 2 is 2.00 bits per heavy atom. The highest BCUT2D eigenvalue weighted by molar-refractivity contribution is 7.89. The van der Waals surface area contributed by atoms with Crippen molar-refractivity contribution >= 4 is 26.9 Å². The topological polar surface area (TPSA) is 54.5 Å². The highest BCUT2D eigenvalue weighted by atomic mass is 35.5. The average molecular weight is 304 g/mol. The van der Waals surface area contributed by atoms with Crippen molar-refractivity contribution in [3.63, 3.8) is 0 Å². The molecule has 0 bridgehead atoms. The zero-order valence-corrected chi connectivity index (χ0v) is 12.7. The van der Waals surface area contributed by atoms with E-state index in [0.29, 0.717) is 13.1 Å². The molecule has 106 valence electrons. The maximum Gasteiger partial charge on any atom is 0.252 e. The van der Waals surface area contributed by atoms with E-state index in [2.05, 4.69) is 0 Å². The van der Waals surface area contributed by atoms with E-state index in [4.69, 9.17) is 11.6 Å². The van der Waals surface area contributed by atoms with Gasteiger partial charge in [0.2, 0.25) is 10.0 Å². The normalized spacial score (nSPS) is 11.8. The summed E-state index contributed by atoms with van der Waals surface area (Å²) in [5.41, 5.74) is 0.189. The first kappa shape index (κ1) is 16.1. The summed E-state index contributed by atoms with van der Waals surface area (Å²) in [7, 11) is -3.56. The Morgan fingerprint density at radius 3 is 2.53 bits per heavy atom. The summed E-state index contributed by atoms with van der Waals surface area (Å²) < 4.78 is 26.2. The van der Waals surface area contributed by atoms with E-state index < -0.39 is 15.3 Å². The third-order valence-electron chi connectivity index (χ3n) is 2.81. The quantitative estimate of drug-likeness (QED) is 0.728. The zero-order chi connectivity index (χ0) is 14.5. The van der Waals surface area contributed by atoms with Crippen LogP contribution < -0.4 is 0 Å². The molecule has 0 aliphatic carbocycles. The van der Waals surface area contributed by atoms with Gasteiger partial charge in [0.1, 0.15) is 0 Å². The van der Waals surface area contributed by atoms with E-state index in [1.54, 1.807) is 6.92 Å². The summed E-state index contributed by atoms with van der Waals surface area (Å²) in [6.45, 7) is 4.69. The van der Waals surface area contributed by atoms with Crippen LogP contribution in [-0.4, -0.2) is 31.1 Å². The molecule has 0 N–H and O–H groups in total. The Balaban J connectivity index is 3.11. The van der Waals surface area contributed by atoms with E-state index in [0.717, 1.165) is 12.8 Å². The van der Waals surface area contributed by atoms with Gasteiger partial charge in [-0.25, -0.2) is 8.42 Å². The maximum atomic E-state index is 12.4. The Hall–Kier alpha value is -0.910. The second-order valence-electron chi connectivity index (χ2n) is 4.15. The number of hydrogen-bond acceptors (Lipinski definition) is 3. The van der Waals surface area contributed by atoms with Crippen molar-refractivity contribution in [1.29, 1.82) is 0 Å². The van der Waals surface area contributed by atoms with Crippen molar-refractivity contribution < 1.29 is 13.2 Å². The standard InChI is InChI=1S/C13H18ClNO3S/c1-3-5-9-15(4-2)19(17,18)12-8-6-7-11(10-12)13(14)16/h6-8,10H,3-5,9H2,1-2H3. The molecule has 0 atom stereocenters. The smallest absolute Gasteiger partial charge is 0.252 e. The summed E-state index contributed by atoms with van der Waals surface area (Å²) in [5, 5.41) is -0.659.